The van der Waals surface area contributed by atoms with E-state index < -0.39 is 16.6 Å². The van der Waals surface area contributed by atoms with E-state index in [9.17, 15) is 19.7 Å². The molecule has 7 nitrogen and oxygen atoms in total. The summed E-state index contributed by atoms with van der Waals surface area (Å²) >= 11 is 0. The molecule has 0 saturated heterocycles. The quantitative estimate of drug-likeness (QED) is 0.449. The van der Waals surface area contributed by atoms with Gasteiger partial charge in [-0.25, -0.2) is 4.79 Å². The molecule has 1 aromatic carbocycles. The first kappa shape index (κ1) is 10.6. The molecule has 0 saturated carbocycles. The van der Waals surface area contributed by atoms with Crippen molar-refractivity contribution >= 4 is 18.1 Å². The summed E-state index contributed by atoms with van der Waals surface area (Å²) in [6.07, 6.45) is 0. The average molecular weight is 211 g/mol. The number of carbonyl (C=O) groups excluding carboxylic acids is 1. The maximum atomic E-state index is 10.6. The minimum atomic E-state index is -1.34. The predicted molar refractivity (Wildman–Crippen MR) is 46.7 cm³/mol. The lowest BCUT2D eigenvalue weighted by atomic mass is 10.2. The molecule has 1 rings (SSSR count). The van der Waals surface area contributed by atoms with Crippen molar-refractivity contribution in [1.82, 2.24) is 0 Å². The van der Waals surface area contributed by atoms with Crippen molar-refractivity contribution in [2.24, 2.45) is 0 Å². The second-order valence-corrected chi connectivity index (χ2v) is 2.49. The summed E-state index contributed by atoms with van der Waals surface area (Å²) in [6.45, 7) is 0.0602. The SMILES string of the molecule is O=COc1cc(C(=O)O)cc([N+](=O)[O-])c1. The first-order valence-electron chi connectivity index (χ1n) is 3.67. The number of nitro groups is 1. The summed E-state index contributed by atoms with van der Waals surface area (Å²) in [7, 11) is 0. The fourth-order valence-electron chi connectivity index (χ4n) is 0.936. The number of rotatable bonds is 4. The highest BCUT2D eigenvalue weighted by Crippen LogP contribution is 2.22. The summed E-state index contributed by atoms with van der Waals surface area (Å²) in [5.74, 6) is -1.52. The van der Waals surface area contributed by atoms with Gasteiger partial charge in [0.25, 0.3) is 12.2 Å². The molecule has 0 aromatic heterocycles. The molecule has 0 unspecified atom stereocenters. The third-order valence-corrected chi connectivity index (χ3v) is 1.53. The predicted octanol–water partition coefficient (Wildman–Crippen LogP) is 0.828. The highest BCUT2D eigenvalue weighted by atomic mass is 16.6. The highest BCUT2D eigenvalue weighted by Gasteiger charge is 2.14. The van der Waals surface area contributed by atoms with Crippen LogP contribution in [-0.4, -0.2) is 22.5 Å². The number of aromatic carboxylic acids is 1. The molecule has 0 aliphatic rings. The molecule has 0 spiro atoms. The third kappa shape index (κ3) is 2.50. The van der Waals surface area contributed by atoms with Gasteiger partial charge in [0.05, 0.1) is 16.6 Å². The van der Waals surface area contributed by atoms with E-state index in [0.29, 0.717) is 0 Å². The molecule has 0 bridgehead atoms. The smallest absolute Gasteiger partial charge is 0.336 e. The van der Waals surface area contributed by atoms with E-state index in [1.807, 2.05) is 0 Å². The van der Waals surface area contributed by atoms with Crippen LogP contribution in [0.1, 0.15) is 10.4 Å². The summed E-state index contributed by atoms with van der Waals surface area (Å²) in [4.78, 5) is 30.2. The van der Waals surface area contributed by atoms with Gasteiger partial charge in [0.15, 0.2) is 0 Å². The number of hydrogen-bond donors (Lipinski definition) is 1. The Morgan fingerprint density at radius 3 is 2.60 bits per heavy atom. The zero-order chi connectivity index (χ0) is 11.4. The molecule has 1 aromatic rings. The Balaban J connectivity index is 3.25. The van der Waals surface area contributed by atoms with Crippen molar-refractivity contribution in [3.63, 3.8) is 0 Å². The number of carboxylic acids is 1. The first-order valence-corrected chi connectivity index (χ1v) is 3.67. The van der Waals surface area contributed by atoms with Gasteiger partial charge in [0.2, 0.25) is 0 Å². The number of nitrogens with zero attached hydrogens (tertiary/aromatic N) is 1. The number of hydrogen-bond acceptors (Lipinski definition) is 5. The maximum Gasteiger partial charge on any atom is 0.336 e. The monoisotopic (exact) mass is 211 g/mol. The number of benzene rings is 1. The van der Waals surface area contributed by atoms with E-state index in [4.69, 9.17) is 5.11 Å². The number of nitro benzene ring substituents is 1. The number of non-ortho nitro benzene ring substituents is 1. The van der Waals surface area contributed by atoms with Crippen molar-refractivity contribution in [2.45, 2.75) is 0 Å². The lowest BCUT2D eigenvalue weighted by Crippen LogP contribution is -2.00. The van der Waals surface area contributed by atoms with E-state index in [2.05, 4.69) is 4.74 Å². The van der Waals surface area contributed by atoms with Crippen molar-refractivity contribution in [3.05, 3.63) is 33.9 Å². The minimum absolute atomic E-state index is 0.0602. The first-order chi connectivity index (χ1) is 7.04. The second-order valence-electron chi connectivity index (χ2n) is 2.49. The Kier molecular flexibility index (Phi) is 2.97. The molecular formula is C8H5NO6. The van der Waals surface area contributed by atoms with Gasteiger partial charge in [-0.2, -0.15) is 0 Å². The lowest BCUT2D eigenvalue weighted by molar-refractivity contribution is -0.384. The van der Waals surface area contributed by atoms with Crippen LogP contribution in [0.3, 0.4) is 0 Å². The Hall–Kier alpha value is -2.44. The van der Waals surface area contributed by atoms with Gasteiger partial charge < -0.3 is 9.84 Å². The Labute approximate surface area is 83.0 Å². The molecule has 15 heavy (non-hydrogen) atoms. The Bertz CT molecular complexity index is 395. The maximum absolute atomic E-state index is 10.6. The van der Waals surface area contributed by atoms with Crippen LogP contribution in [0.15, 0.2) is 18.2 Å². The summed E-state index contributed by atoms with van der Waals surface area (Å²) < 4.78 is 4.34. The average Bonchev–Trinajstić information content (AvgIpc) is 2.17. The molecule has 0 heterocycles. The van der Waals surface area contributed by atoms with Crippen molar-refractivity contribution in [2.75, 3.05) is 0 Å². The van der Waals surface area contributed by atoms with Crippen molar-refractivity contribution in [3.8, 4) is 5.75 Å². The van der Waals surface area contributed by atoms with Gasteiger partial charge in [-0.15, -0.1) is 0 Å². The van der Waals surface area contributed by atoms with Crippen LogP contribution < -0.4 is 4.74 Å². The summed E-state index contributed by atoms with van der Waals surface area (Å²) in [5.41, 5.74) is -0.771. The highest BCUT2D eigenvalue weighted by molar-refractivity contribution is 5.89. The van der Waals surface area contributed by atoms with Crippen LogP contribution in [0.4, 0.5) is 5.69 Å². The molecule has 7 heteroatoms. The van der Waals surface area contributed by atoms with Gasteiger partial charge in [-0.3, -0.25) is 14.9 Å². The lowest BCUT2D eigenvalue weighted by Gasteiger charge is -2.00. The van der Waals surface area contributed by atoms with Gasteiger partial charge in [-0.05, 0) is 6.07 Å². The van der Waals surface area contributed by atoms with Gasteiger partial charge in [0, 0.05) is 6.07 Å². The van der Waals surface area contributed by atoms with E-state index in [0.717, 1.165) is 18.2 Å². The van der Waals surface area contributed by atoms with Crippen molar-refractivity contribution < 1.29 is 24.4 Å². The number of ether oxygens (including phenoxy) is 1. The molecular weight excluding hydrogens is 206 g/mol. The van der Waals surface area contributed by atoms with E-state index >= 15 is 0 Å². The fourth-order valence-corrected chi connectivity index (χ4v) is 0.936. The fraction of sp³-hybridized carbons (Fsp3) is 0. The largest absolute Gasteiger partial charge is 0.478 e. The molecule has 78 valence electrons. The van der Waals surface area contributed by atoms with Crippen LogP contribution in [0.25, 0.3) is 0 Å². The summed E-state index contributed by atoms with van der Waals surface area (Å²) in [6, 6.07) is 2.85. The van der Waals surface area contributed by atoms with Crippen LogP contribution in [0.2, 0.25) is 0 Å². The zero-order valence-corrected chi connectivity index (χ0v) is 7.25. The zero-order valence-electron chi connectivity index (χ0n) is 7.25. The van der Waals surface area contributed by atoms with E-state index in [1.54, 1.807) is 0 Å². The molecule has 0 amide bonds. The standard InChI is InChI=1S/C8H5NO6/c10-4-15-7-2-5(8(11)12)1-6(3-7)9(13)14/h1-4H,(H,11,12). The molecule has 0 aliphatic carbocycles. The van der Waals surface area contributed by atoms with E-state index in [1.165, 1.54) is 0 Å². The second kappa shape index (κ2) is 4.18. The normalized spacial score (nSPS) is 9.33. The Morgan fingerprint density at radius 2 is 2.13 bits per heavy atom. The molecule has 0 atom stereocenters. The minimum Gasteiger partial charge on any atom is -0.478 e. The van der Waals surface area contributed by atoms with E-state index in [-0.39, 0.29) is 17.8 Å². The summed E-state index contributed by atoms with van der Waals surface area (Å²) in [5, 5.41) is 19.0. The third-order valence-electron chi connectivity index (χ3n) is 1.53. The molecule has 0 radical (unpaired) electrons. The van der Waals surface area contributed by atoms with Gasteiger partial charge in [-0.1, -0.05) is 0 Å². The van der Waals surface area contributed by atoms with Crippen LogP contribution >= 0.6 is 0 Å². The van der Waals surface area contributed by atoms with Crippen LogP contribution in [-0.2, 0) is 4.79 Å². The van der Waals surface area contributed by atoms with Crippen molar-refractivity contribution in [1.29, 1.82) is 0 Å². The Morgan fingerprint density at radius 1 is 1.47 bits per heavy atom. The van der Waals surface area contributed by atoms with Crippen LogP contribution in [0, 0.1) is 10.1 Å². The number of carboxylic acid groups (broad SMARTS) is 1. The topological polar surface area (TPSA) is 107 Å². The number of carbonyl (C=O) groups is 2. The molecule has 0 fully saturated rings. The molecule has 0 aliphatic heterocycles. The molecule has 1 N–H and O–H groups in total. The van der Waals surface area contributed by atoms with Gasteiger partial charge >= 0.3 is 5.97 Å². The van der Waals surface area contributed by atoms with Gasteiger partial charge in [0.1, 0.15) is 5.75 Å². The van der Waals surface area contributed by atoms with Crippen LogP contribution in [0.5, 0.6) is 5.75 Å².